The van der Waals surface area contributed by atoms with Gasteiger partial charge in [0, 0.05) is 30.4 Å². The van der Waals surface area contributed by atoms with Gasteiger partial charge in [-0.1, -0.05) is 24.3 Å². The van der Waals surface area contributed by atoms with Crippen molar-refractivity contribution in [3.63, 3.8) is 0 Å². The van der Waals surface area contributed by atoms with Crippen molar-refractivity contribution in [2.45, 2.75) is 38.6 Å². The highest BCUT2D eigenvalue weighted by Crippen LogP contribution is 2.35. The van der Waals surface area contributed by atoms with E-state index >= 15 is 0 Å². The van der Waals surface area contributed by atoms with Crippen LogP contribution in [0.3, 0.4) is 0 Å². The fourth-order valence-electron chi connectivity index (χ4n) is 4.51. The van der Waals surface area contributed by atoms with Crippen LogP contribution in [0.25, 0.3) is 22.3 Å². The van der Waals surface area contributed by atoms with Gasteiger partial charge in [-0.3, -0.25) is 4.98 Å². The largest absolute Gasteiger partial charge is 0.507 e. The van der Waals surface area contributed by atoms with Gasteiger partial charge in [-0.15, -0.1) is 0 Å². The molecule has 156 valence electrons. The predicted molar refractivity (Wildman–Crippen MR) is 124 cm³/mol. The minimum Gasteiger partial charge on any atom is -0.507 e. The molecule has 1 N–H and O–H groups in total. The number of benzene rings is 2. The van der Waals surface area contributed by atoms with Crippen molar-refractivity contribution in [1.82, 2.24) is 15.0 Å². The number of aromatic hydroxyl groups is 1. The van der Waals surface area contributed by atoms with Crippen LogP contribution >= 0.6 is 0 Å². The summed E-state index contributed by atoms with van der Waals surface area (Å²) in [5.74, 6) is 1.72. The normalized spacial score (nSPS) is 16.5. The van der Waals surface area contributed by atoms with Crippen LogP contribution in [0, 0.1) is 6.92 Å². The second-order valence-corrected chi connectivity index (χ2v) is 8.32. The summed E-state index contributed by atoms with van der Waals surface area (Å²) in [5.41, 5.74) is 3.97. The highest BCUT2D eigenvalue weighted by atomic mass is 16.3. The van der Waals surface area contributed by atoms with E-state index < -0.39 is 0 Å². The van der Waals surface area contributed by atoms with E-state index in [0.717, 1.165) is 48.1 Å². The molecule has 4 aromatic rings. The van der Waals surface area contributed by atoms with Crippen LogP contribution in [0.5, 0.6) is 5.75 Å². The number of aromatic nitrogens is 3. The number of phenolic OH excluding ortho intramolecular Hbond substituents is 1. The molecule has 0 radical (unpaired) electrons. The zero-order chi connectivity index (χ0) is 21.2. The monoisotopic (exact) mass is 410 g/mol. The molecule has 1 aliphatic rings. The Morgan fingerprint density at radius 1 is 1.03 bits per heavy atom. The summed E-state index contributed by atoms with van der Waals surface area (Å²) >= 11 is 0. The van der Waals surface area contributed by atoms with Gasteiger partial charge < -0.3 is 10.0 Å². The summed E-state index contributed by atoms with van der Waals surface area (Å²) in [6, 6.07) is 18.1. The molecule has 3 heterocycles. The lowest BCUT2D eigenvalue weighted by Crippen LogP contribution is -2.41. The van der Waals surface area contributed by atoms with Gasteiger partial charge in [0.2, 0.25) is 0 Å². The molecule has 0 amide bonds. The van der Waals surface area contributed by atoms with E-state index in [9.17, 15) is 5.11 Å². The summed E-state index contributed by atoms with van der Waals surface area (Å²) in [5, 5.41) is 11.5. The molecule has 0 spiro atoms. The molecule has 0 saturated carbocycles. The maximum absolute atomic E-state index is 10.4. The molecule has 5 rings (SSSR count). The van der Waals surface area contributed by atoms with Crippen molar-refractivity contribution in [2.24, 2.45) is 0 Å². The number of pyridine rings is 1. The van der Waals surface area contributed by atoms with Crippen molar-refractivity contribution in [3.8, 4) is 17.1 Å². The number of anilines is 1. The van der Waals surface area contributed by atoms with Crippen LogP contribution < -0.4 is 4.90 Å². The highest BCUT2D eigenvalue weighted by molar-refractivity contribution is 5.92. The molecule has 1 aliphatic heterocycles. The van der Waals surface area contributed by atoms with Crippen LogP contribution in [0.4, 0.5) is 5.82 Å². The zero-order valence-corrected chi connectivity index (χ0v) is 17.7. The Morgan fingerprint density at radius 2 is 1.94 bits per heavy atom. The van der Waals surface area contributed by atoms with Crippen molar-refractivity contribution >= 4 is 16.7 Å². The molecular formula is C26H26N4O. The topological polar surface area (TPSA) is 62.1 Å². The van der Waals surface area contributed by atoms with Gasteiger partial charge in [0.05, 0.1) is 11.1 Å². The van der Waals surface area contributed by atoms with Crippen LogP contribution in [-0.2, 0) is 6.42 Å². The van der Waals surface area contributed by atoms with Crippen LogP contribution in [0.1, 0.15) is 30.4 Å². The van der Waals surface area contributed by atoms with E-state index in [0.29, 0.717) is 17.4 Å². The van der Waals surface area contributed by atoms with E-state index in [4.69, 9.17) is 9.97 Å². The third kappa shape index (κ3) is 3.96. The molecule has 1 fully saturated rings. The fraction of sp³-hybridized carbons (Fsp3) is 0.269. The quantitative estimate of drug-likeness (QED) is 0.494. The first-order valence-corrected chi connectivity index (χ1v) is 10.9. The van der Waals surface area contributed by atoms with E-state index in [1.165, 1.54) is 12.0 Å². The summed E-state index contributed by atoms with van der Waals surface area (Å²) in [7, 11) is 0. The molecule has 2 aromatic heterocycles. The summed E-state index contributed by atoms with van der Waals surface area (Å²) in [4.78, 5) is 16.6. The van der Waals surface area contributed by atoms with Gasteiger partial charge in [0.15, 0.2) is 5.82 Å². The third-order valence-corrected chi connectivity index (χ3v) is 6.07. The number of para-hydroxylation sites is 1. The van der Waals surface area contributed by atoms with E-state index in [-0.39, 0.29) is 5.75 Å². The standard InChI is InChI=1S/C26H26N4O/c1-18-11-12-21-23(15-18)28-25(22-9-2-3-10-24(22)31)29-26(21)30-14-5-4-8-20(30)16-19-7-6-13-27-17-19/h2-3,6-7,9-13,15,17,20,31H,4-5,8,14,16H2,1H3. The molecule has 2 aromatic carbocycles. The van der Waals surface area contributed by atoms with E-state index in [1.54, 1.807) is 6.07 Å². The number of piperidine rings is 1. The fourth-order valence-corrected chi connectivity index (χ4v) is 4.51. The number of fused-ring (bicyclic) bond motifs is 1. The molecular weight excluding hydrogens is 384 g/mol. The minimum absolute atomic E-state index is 0.200. The third-order valence-electron chi connectivity index (χ3n) is 6.07. The first-order valence-electron chi connectivity index (χ1n) is 10.9. The lowest BCUT2D eigenvalue weighted by molar-refractivity contribution is 0.454. The SMILES string of the molecule is Cc1ccc2c(N3CCCCC3Cc3cccnc3)nc(-c3ccccc3O)nc2c1. The molecule has 31 heavy (non-hydrogen) atoms. The van der Waals surface area contributed by atoms with E-state index in [2.05, 4.69) is 41.1 Å². The van der Waals surface area contributed by atoms with Crippen LogP contribution in [-0.4, -0.2) is 32.6 Å². The number of nitrogens with zero attached hydrogens (tertiary/aromatic N) is 4. The van der Waals surface area contributed by atoms with Crippen LogP contribution in [0.2, 0.25) is 0 Å². The molecule has 5 heteroatoms. The van der Waals surface area contributed by atoms with Gasteiger partial charge >= 0.3 is 0 Å². The molecule has 1 saturated heterocycles. The summed E-state index contributed by atoms with van der Waals surface area (Å²) in [6.45, 7) is 3.04. The Bertz CT molecular complexity index is 1210. The first kappa shape index (κ1) is 19.5. The molecule has 1 unspecified atom stereocenters. The number of hydrogen-bond donors (Lipinski definition) is 1. The average Bonchev–Trinajstić information content (AvgIpc) is 2.79. The van der Waals surface area contributed by atoms with Crippen molar-refractivity contribution in [1.29, 1.82) is 0 Å². The van der Waals surface area contributed by atoms with Crippen LogP contribution in [0.15, 0.2) is 67.0 Å². The Morgan fingerprint density at radius 3 is 2.77 bits per heavy atom. The Balaban J connectivity index is 1.64. The molecule has 0 aliphatic carbocycles. The Hall–Kier alpha value is -3.47. The van der Waals surface area contributed by atoms with Crippen molar-refractivity contribution < 1.29 is 5.11 Å². The van der Waals surface area contributed by atoms with Gasteiger partial charge in [-0.05, 0) is 74.1 Å². The predicted octanol–water partition coefficient (Wildman–Crippen LogP) is 5.31. The summed E-state index contributed by atoms with van der Waals surface area (Å²) < 4.78 is 0. The smallest absolute Gasteiger partial charge is 0.165 e. The van der Waals surface area contributed by atoms with Crippen molar-refractivity contribution in [3.05, 3.63) is 78.1 Å². The highest BCUT2D eigenvalue weighted by Gasteiger charge is 2.26. The number of rotatable bonds is 4. The van der Waals surface area contributed by atoms with Gasteiger partial charge in [0.25, 0.3) is 0 Å². The number of hydrogen-bond acceptors (Lipinski definition) is 5. The van der Waals surface area contributed by atoms with Gasteiger partial charge in [0.1, 0.15) is 11.6 Å². The minimum atomic E-state index is 0.200. The Kier molecular flexibility index (Phi) is 5.24. The first-order chi connectivity index (χ1) is 15.2. The molecule has 0 bridgehead atoms. The average molecular weight is 411 g/mol. The second-order valence-electron chi connectivity index (χ2n) is 8.32. The van der Waals surface area contributed by atoms with Gasteiger partial charge in [-0.25, -0.2) is 9.97 Å². The maximum Gasteiger partial charge on any atom is 0.165 e. The van der Waals surface area contributed by atoms with Gasteiger partial charge in [-0.2, -0.15) is 0 Å². The molecule has 5 nitrogen and oxygen atoms in total. The lowest BCUT2D eigenvalue weighted by Gasteiger charge is -2.37. The maximum atomic E-state index is 10.4. The number of aryl methyl sites for hydroxylation is 1. The Labute approximate surface area is 182 Å². The number of phenols is 1. The van der Waals surface area contributed by atoms with Crippen molar-refractivity contribution in [2.75, 3.05) is 11.4 Å². The zero-order valence-electron chi connectivity index (χ0n) is 17.7. The van der Waals surface area contributed by atoms with E-state index in [1.807, 2.05) is 36.7 Å². The second kappa shape index (κ2) is 8.34. The summed E-state index contributed by atoms with van der Waals surface area (Å²) in [6.07, 6.45) is 8.21. The lowest BCUT2D eigenvalue weighted by atomic mass is 9.95. The molecule has 1 atom stereocenters.